The van der Waals surface area contributed by atoms with Crippen LogP contribution in [0.5, 0.6) is 0 Å². The third-order valence-electron chi connectivity index (χ3n) is 1.00. The molecule has 0 aliphatic carbocycles. The molecule has 0 rings (SSSR count). The van der Waals surface area contributed by atoms with Crippen LogP contribution in [0.2, 0.25) is 0 Å². The van der Waals surface area contributed by atoms with Crippen LogP contribution in [-0.4, -0.2) is 6.54 Å². The third-order valence-corrected chi connectivity index (χ3v) is 1.00. The normalized spacial score (nSPS) is 11.6. The number of rotatable bonds is 4. The average molecular weight is 128 g/mol. The summed E-state index contributed by atoms with van der Waals surface area (Å²) in [5.41, 5.74) is 6.21. The lowest BCUT2D eigenvalue weighted by Gasteiger charge is -1.97. The highest BCUT2D eigenvalue weighted by Gasteiger charge is 1.78. The first-order chi connectivity index (χ1) is 4.27. The lowest BCUT2D eigenvalue weighted by molar-refractivity contribution is 0.731. The van der Waals surface area contributed by atoms with Crippen LogP contribution >= 0.6 is 0 Å². The lowest BCUT2D eigenvalue weighted by Crippen LogP contribution is -2.09. The number of allylic oxidation sites excluding steroid dienone is 1. The first-order valence-corrected chi connectivity index (χ1v) is 3.43. The molecule has 0 aromatic rings. The molecule has 0 aliphatic rings. The third kappa shape index (κ3) is 7.34. The Hall–Kier alpha value is -0.660. The van der Waals surface area contributed by atoms with Crippen molar-refractivity contribution >= 4 is 0 Å². The quantitative estimate of drug-likeness (QED) is 0.558. The summed E-state index contributed by atoms with van der Waals surface area (Å²) in [7, 11) is 0. The molecule has 0 aliphatic heterocycles. The molecule has 0 spiro atoms. The van der Waals surface area contributed by atoms with Gasteiger partial charge in [-0.15, -0.1) is 0 Å². The van der Waals surface area contributed by atoms with Crippen LogP contribution in [0, 0.1) is 0 Å². The highest BCUT2D eigenvalue weighted by atomic mass is 14.8. The Morgan fingerprint density at radius 3 is 2.78 bits per heavy atom. The van der Waals surface area contributed by atoms with Gasteiger partial charge in [-0.2, -0.15) is 0 Å². The average Bonchev–Trinajstić information content (AvgIpc) is 1.80. The molecule has 0 aromatic heterocycles. The zero-order valence-corrected chi connectivity index (χ0v) is 6.28. The van der Waals surface area contributed by atoms with E-state index in [4.69, 9.17) is 5.73 Å². The SMILES string of the molecule is CCCCN/C=C(\C)N. The molecule has 0 heterocycles. The molecule has 0 unspecified atom stereocenters. The van der Waals surface area contributed by atoms with E-state index in [9.17, 15) is 0 Å². The minimum atomic E-state index is 0.839. The predicted octanol–water partition coefficient (Wildman–Crippen LogP) is 1.20. The van der Waals surface area contributed by atoms with Crippen LogP contribution in [0.3, 0.4) is 0 Å². The van der Waals surface area contributed by atoms with E-state index in [-0.39, 0.29) is 0 Å². The number of hydrogen-bond acceptors (Lipinski definition) is 2. The summed E-state index contributed by atoms with van der Waals surface area (Å²) in [6, 6.07) is 0. The highest BCUT2D eigenvalue weighted by molar-refractivity contribution is 4.88. The molecule has 2 heteroatoms. The Labute approximate surface area is 57.1 Å². The monoisotopic (exact) mass is 128 g/mol. The number of hydrogen-bond donors (Lipinski definition) is 2. The molecule has 0 aromatic carbocycles. The first-order valence-electron chi connectivity index (χ1n) is 3.43. The number of unbranched alkanes of at least 4 members (excludes halogenated alkanes) is 1. The van der Waals surface area contributed by atoms with Crippen LogP contribution < -0.4 is 11.1 Å². The summed E-state index contributed by atoms with van der Waals surface area (Å²) < 4.78 is 0. The summed E-state index contributed by atoms with van der Waals surface area (Å²) in [5, 5.41) is 3.10. The predicted molar refractivity (Wildman–Crippen MR) is 40.9 cm³/mol. The van der Waals surface area contributed by atoms with E-state index in [0.29, 0.717) is 0 Å². The highest BCUT2D eigenvalue weighted by Crippen LogP contribution is 1.82. The standard InChI is InChI=1S/C7H16N2/c1-3-4-5-9-6-7(2)8/h6,9H,3-5,8H2,1-2H3/b7-6+. The fourth-order valence-corrected chi connectivity index (χ4v) is 0.512. The van der Waals surface area contributed by atoms with Crippen LogP contribution in [-0.2, 0) is 0 Å². The van der Waals surface area contributed by atoms with Crippen molar-refractivity contribution in [2.24, 2.45) is 5.73 Å². The van der Waals surface area contributed by atoms with Gasteiger partial charge in [0.1, 0.15) is 0 Å². The summed E-state index contributed by atoms with van der Waals surface area (Å²) in [6.07, 6.45) is 4.28. The Balaban J connectivity index is 3.00. The van der Waals surface area contributed by atoms with Crippen molar-refractivity contribution in [1.29, 1.82) is 0 Å². The van der Waals surface area contributed by atoms with Gasteiger partial charge in [0.25, 0.3) is 0 Å². The van der Waals surface area contributed by atoms with Crippen molar-refractivity contribution in [3.63, 3.8) is 0 Å². The zero-order valence-electron chi connectivity index (χ0n) is 6.28. The first kappa shape index (κ1) is 8.34. The molecule has 0 amide bonds. The fourth-order valence-electron chi connectivity index (χ4n) is 0.512. The van der Waals surface area contributed by atoms with Gasteiger partial charge >= 0.3 is 0 Å². The van der Waals surface area contributed by atoms with E-state index in [0.717, 1.165) is 12.2 Å². The Bertz CT molecular complexity index is 82.9. The van der Waals surface area contributed by atoms with E-state index >= 15 is 0 Å². The van der Waals surface area contributed by atoms with Crippen LogP contribution in [0.25, 0.3) is 0 Å². The molecule has 3 N–H and O–H groups in total. The largest absolute Gasteiger partial charge is 0.401 e. The van der Waals surface area contributed by atoms with E-state index < -0.39 is 0 Å². The smallest absolute Gasteiger partial charge is 0.0208 e. The molecule has 0 fully saturated rings. The van der Waals surface area contributed by atoms with Gasteiger partial charge in [0, 0.05) is 18.4 Å². The molecule has 0 saturated carbocycles. The Kier molecular flexibility index (Phi) is 5.07. The van der Waals surface area contributed by atoms with Gasteiger partial charge < -0.3 is 11.1 Å². The molecule has 9 heavy (non-hydrogen) atoms. The van der Waals surface area contributed by atoms with Crippen LogP contribution in [0.1, 0.15) is 26.7 Å². The van der Waals surface area contributed by atoms with E-state index in [1.54, 1.807) is 0 Å². The van der Waals surface area contributed by atoms with E-state index in [1.165, 1.54) is 12.8 Å². The lowest BCUT2D eigenvalue weighted by atomic mass is 10.3. The van der Waals surface area contributed by atoms with Crippen molar-refractivity contribution < 1.29 is 0 Å². The zero-order chi connectivity index (χ0) is 7.11. The Morgan fingerprint density at radius 1 is 1.67 bits per heavy atom. The maximum absolute atomic E-state index is 5.37. The summed E-state index contributed by atoms with van der Waals surface area (Å²) in [5.74, 6) is 0. The number of nitrogens with one attached hydrogen (secondary N) is 1. The molecule has 0 bridgehead atoms. The van der Waals surface area contributed by atoms with E-state index in [1.807, 2.05) is 13.1 Å². The maximum Gasteiger partial charge on any atom is 0.0208 e. The number of nitrogens with two attached hydrogens (primary N) is 1. The molecule has 0 radical (unpaired) electrons. The Morgan fingerprint density at radius 2 is 2.33 bits per heavy atom. The van der Waals surface area contributed by atoms with Crippen molar-refractivity contribution in [1.82, 2.24) is 5.32 Å². The second kappa shape index (κ2) is 5.48. The minimum Gasteiger partial charge on any atom is -0.401 e. The van der Waals surface area contributed by atoms with Gasteiger partial charge in [-0.25, -0.2) is 0 Å². The van der Waals surface area contributed by atoms with E-state index in [2.05, 4.69) is 12.2 Å². The van der Waals surface area contributed by atoms with Gasteiger partial charge in [-0.3, -0.25) is 0 Å². The van der Waals surface area contributed by atoms with Crippen LogP contribution in [0.4, 0.5) is 0 Å². The van der Waals surface area contributed by atoms with Crippen molar-refractivity contribution in [2.75, 3.05) is 6.54 Å². The second-order valence-electron chi connectivity index (χ2n) is 2.20. The maximum atomic E-state index is 5.37. The molecular weight excluding hydrogens is 112 g/mol. The minimum absolute atomic E-state index is 0.839. The molecule has 54 valence electrons. The molecular formula is C7H16N2. The van der Waals surface area contributed by atoms with Gasteiger partial charge in [0.05, 0.1) is 0 Å². The van der Waals surface area contributed by atoms with Gasteiger partial charge in [-0.1, -0.05) is 13.3 Å². The molecule has 2 nitrogen and oxygen atoms in total. The summed E-state index contributed by atoms with van der Waals surface area (Å²) in [4.78, 5) is 0. The van der Waals surface area contributed by atoms with Gasteiger partial charge in [0.2, 0.25) is 0 Å². The van der Waals surface area contributed by atoms with Crippen LogP contribution in [0.15, 0.2) is 11.9 Å². The van der Waals surface area contributed by atoms with Crippen molar-refractivity contribution in [3.8, 4) is 0 Å². The fraction of sp³-hybridized carbons (Fsp3) is 0.714. The van der Waals surface area contributed by atoms with Gasteiger partial charge in [0.15, 0.2) is 0 Å². The molecule has 0 atom stereocenters. The summed E-state index contributed by atoms with van der Waals surface area (Å²) >= 11 is 0. The second-order valence-corrected chi connectivity index (χ2v) is 2.20. The molecule has 0 saturated heterocycles. The van der Waals surface area contributed by atoms with Gasteiger partial charge in [-0.05, 0) is 13.3 Å². The topological polar surface area (TPSA) is 38.0 Å². The van der Waals surface area contributed by atoms with Crippen molar-refractivity contribution in [3.05, 3.63) is 11.9 Å². The summed E-state index contributed by atoms with van der Waals surface area (Å²) in [6.45, 7) is 5.07. The van der Waals surface area contributed by atoms with Crippen molar-refractivity contribution in [2.45, 2.75) is 26.7 Å².